The van der Waals surface area contributed by atoms with Crippen molar-refractivity contribution in [1.29, 1.82) is 0 Å². The molecule has 0 radical (unpaired) electrons. The van der Waals surface area contributed by atoms with E-state index in [0.29, 0.717) is 5.41 Å². The van der Waals surface area contributed by atoms with Crippen LogP contribution in [0.1, 0.15) is 19.3 Å². The van der Waals surface area contributed by atoms with Crippen molar-refractivity contribution in [3.05, 3.63) is 0 Å². The Morgan fingerprint density at radius 2 is 2.42 bits per heavy atom. The second-order valence-electron chi connectivity index (χ2n) is 4.74. The van der Waals surface area contributed by atoms with Crippen LogP contribution in [0, 0.1) is 11.3 Å². The van der Waals surface area contributed by atoms with Crippen LogP contribution in [0.4, 0.5) is 0 Å². The Balaban J connectivity index is 2.05. The molecule has 2 aliphatic rings. The molecule has 1 aliphatic heterocycles. The van der Waals surface area contributed by atoms with Gasteiger partial charge in [0.2, 0.25) is 0 Å². The average Bonchev–Trinajstić information content (AvgIpc) is 2.27. The summed E-state index contributed by atoms with van der Waals surface area (Å²) in [5.41, 5.74) is 0.520. The van der Waals surface area contributed by atoms with Gasteiger partial charge in [0.1, 0.15) is 0 Å². The number of fused-ring (bicyclic) bond motifs is 2. The van der Waals surface area contributed by atoms with Gasteiger partial charge in [-0.3, -0.25) is 0 Å². The zero-order valence-corrected chi connectivity index (χ0v) is 8.18. The summed E-state index contributed by atoms with van der Waals surface area (Å²) < 4.78 is 5.32. The lowest BCUT2D eigenvalue weighted by molar-refractivity contribution is 0.0316. The van der Waals surface area contributed by atoms with E-state index in [1.165, 1.54) is 32.4 Å². The molecule has 1 saturated heterocycles. The second-order valence-corrected chi connectivity index (χ2v) is 4.74. The quantitative estimate of drug-likeness (QED) is 0.619. The third-order valence-corrected chi connectivity index (χ3v) is 3.43. The first-order chi connectivity index (χ1) is 5.74. The summed E-state index contributed by atoms with van der Waals surface area (Å²) in [7, 11) is 4.07. The number of piperidine rings is 1. The van der Waals surface area contributed by atoms with Crippen molar-refractivity contribution in [2.75, 3.05) is 33.9 Å². The Bertz CT molecular complexity index is 167. The molecule has 1 saturated carbocycles. The first kappa shape index (κ1) is 8.52. The predicted octanol–water partition coefficient (Wildman–Crippen LogP) is 1.36. The number of hydrogen-bond donors (Lipinski definition) is 0. The summed E-state index contributed by atoms with van der Waals surface area (Å²) in [4.78, 5) is 2.47. The first-order valence-electron chi connectivity index (χ1n) is 4.92. The van der Waals surface area contributed by atoms with Crippen molar-refractivity contribution in [1.82, 2.24) is 4.90 Å². The Morgan fingerprint density at radius 1 is 1.58 bits per heavy atom. The van der Waals surface area contributed by atoms with Gasteiger partial charge in [-0.05, 0) is 32.2 Å². The molecule has 2 bridgehead atoms. The van der Waals surface area contributed by atoms with Crippen molar-refractivity contribution in [3.8, 4) is 0 Å². The van der Waals surface area contributed by atoms with E-state index in [4.69, 9.17) is 4.74 Å². The highest BCUT2D eigenvalue weighted by Gasteiger charge is 2.43. The summed E-state index contributed by atoms with van der Waals surface area (Å²) in [6.45, 7) is 3.52. The molecular formula is C10H19NO. The van der Waals surface area contributed by atoms with Crippen molar-refractivity contribution in [2.24, 2.45) is 11.3 Å². The molecule has 2 atom stereocenters. The van der Waals surface area contributed by atoms with Crippen molar-refractivity contribution < 1.29 is 4.74 Å². The number of hydrogen-bond acceptors (Lipinski definition) is 2. The van der Waals surface area contributed by atoms with Gasteiger partial charge < -0.3 is 9.64 Å². The second kappa shape index (κ2) is 3.00. The van der Waals surface area contributed by atoms with Crippen LogP contribution in [0.15, 0.2) is 0 Å². The van der Waals surface area contributed by atoms with Crippen LogP contribution < -0.4 is 0 Å². The monoisotopic (exact) mass is 169 g/mol. The fraction of sp³-hybridized carbons (Fsp3) is 1.00. The Hall–Kier alpha value is -0.0800. The van der Waals surface area contributed by atoms with Crippen LogP contribution in [-0.2, 0) is 4.74 Å². The molecule has 2 rings (SSSR count). The fourth-order valence-electron chi connectivity index (χ4n) is 3.19. The Labute approximate surface area is 74.9 Å². The van der Waals surface area contributed by atoms with E-state index in [1.807, 2.05) is 7.11 Å². The molecule has 0 aromatic carbocycles. The maximum atomic E-state index is 5.32. The molecule has 70 valence electrons. The molecule has 0 spiro atoms. The predicted molar refractivity (Wildman–Crippen MR) is 49.1 cm³/mol. The van der Waals surface area contributed by atoms with Gasteiger partial charge in [0.25, 0.3) is 0 Å². The van der Waals surface area contributed by atoms with Gasteiger partial charge in [-0.15, -0.1) is 0 Å². The number of nitrogens with zero attached hydrogens (tertiary/aromatic N) is 1. The number of ether oxygens (including phenoxy) is 1. The number of rotatable bonds is 2. The molecule has 0 amide bonds. The lowest BCUT2D eigenvalue weighted by atomic mass is 9.83. The van der Waals surface area contributed by atoms with Crippen molar-refractivity contribution in [3.63, 3.8) is 0 Å². The van der Waals surface area contributed by atoms with Crippen LogP contribution in [0.25, 0.3) is 0 Å². The lowest BCUT2D eigenvalue weighted by Crippen LogP contribution is -2.42. The van der Waals surface area contributed by atoms with Gasteiger partial charge in [-0.25, -0.2) is 0 Å². The molecule has 1 heterocycles. The molecule has 2 nitrogen and oxygen atoms in total. The Kier molecular flexibility index (Phi) is 2.13. The Morgan fingerprint density at radius 3 is 3.17 bits per heavy atom. The molecule has 2 fully saturated rings. The summed E-state index contributed by atoms with van der Waals surface area (Å²) in [6.07, 6.45) is 4.22. The molecule has 0 aromatic rings. The summed E-state index contributed by atoms with van der Waals surface area (Å²) in [5.74, 6) is 0.957. The van der Waals surface area contributed by atoms with E-state index in [1.54, 1.807) is 0 Å². The molecule has 0 N–H and O–H groups in total. The molecule has 0 aromatic heterocycles. The van der Waals surface area contributed by atoms with Gasteiger partial charge in [-0.1, -0.05) is 0 Å². The van der Waals surface area contributed by atoms with Crippen LogP contribution in [-0.4, -0.2) is 38.8 Å². The van der Waals surface area contributed by atoms with Crippen LogP contribution >= 0.6 is 0 Å². The maximum absolute atomic E-state index is 5.32. The lowest BCUT2D eigenvalue weighted by Gasteiger charge is -2.38. The van der Waals surface area contributed by atoms with E-state index in [9.17, 15) is 0 Å². The standard InChI is InChI=1S/C10H19NO/c1-11-6-9-3-4-10(5-9,7-11)8-12-2/h9H,3-8H2,1-2H3. The first-order valence-corrected chi connectivity index (χ1v) is 4.92. The topological polar surface area (TPSA) is 12.5 Å². The fourth-order valence-corrected chi connectivity index (χ4v) is 3.19. The molecule has 12 heavy (non-hydrogen) atoms. The third-order valence-electron chi connectivity index (χ3n) is 3.43. The number of methoxy groups -OCH3 is 1. The van der Waals surface area contributed by atoms with Crippen LogP contribution in [0.5, 0.6) is 0 Å². The van der Waals surface area contributed by atoms with Gasteiger partial charge >= 0.3 is 0 Å². The minimum atomic E-state index is 0.520. The zero-order valence-electron chi connectivity index (χ0n) is 8.18. The SMILES string of the molecule is COCC12CCC(CN(C)C1)C2. The zero-order chi connectivity index (χ0) is 8.60. The third kappa shape index (κ3) is 1.38. The highest BCUT2D eigenvalue weighted by molar-refractivity contribution is 4.95. The maximum Gasteiger partial charge on any atom is 0.0531 e. The normalized spacial score (nSPS) is 42.0. The molecular weight excluding hydrogens is 150 g/mol. The summed E-state index contributed by atoms with van der Waals surface area (Å²) in [6, 6.07) is 0. The van der Waals surface area contributed by atoms with Gasteiger partial charge in [0.15, 0.2) is 0 Å². The molecule has 2 unspecified atom stereocenters. The van der Waals surface area contributed by atoms with Gasteiger partial charge in [-0.2, -0.15) is 0 Å². The van der Waals surface area contributed by atoms with Crippen LogP contribution in [0.2, 0.25) is 0 Å². The number of likely N-dealkylation sites (tertiary alicyclic amines) is 1. The molecule has 1 aliphatic carbocycles. The van der Waals surface area contributed by atoms with Crippen molar-refractivity contribution in [2.45, 2.75) is 19.3 Å². The van der Waals surface area contributed by atoms with E-state index in [2.05, 4.69) is 11.9 Å². The summed E-state index contributed by atoms with van der Waals surface area (Å²) in [5, 5.41) is 0. The minimum absolute atomic E-state index is 0.520. The largest absolute Gasteiger partial charge is 0.384 e. The van der Waals surface area contributed by atoms with Crippen molar-refractivity contribution >= 4 is 0 Å². The van der Waals surface area contributed by atoms with Crippen LogP contribution in [0.3, 0.4) is 0 Å². The minimum Gasteiger partial charge on any atom is -0.384 e. The van der Waals surface area contributed by atoms with E-state index in [-0.39, 0.29) is 0 Å². The van der Waals surface area contributed by atoms with E-state index >= 15 is 0 Å². The smallest absolute Gasteiger partial charge is 0.0531 e. The van der Waals surface area contributed by atoms with E-state index in [0.717, 1.165) is 12.5 Å². The van der Waals surface area contributed by atoms with Gasteiger partial charge in [0.05, 0.1) is 6.61 Å². The summed E-state index contributed by atoms with van der Waals surface area (Å²) >= 11 is 0. The van der Waals surface area contributed by atoms with E-state index < -0.39 is 0 Å². The highest BCUT2D eigenvalue weighted by Crippen LogP contribution is 2.45. The average molecular weight is 169 g/mol. The van der Waals surface area contributed by atoms with Gasteiger partial charge in [0, 0.05) is 25.6 Å². The molecule has 2 heteroatoms. The highest BCUT2D eigenvalue weighted by atomic mass is 16.5.